The summed E-state index contributed by atoms with van der Waals surface area (Å²) in [7, 11) is -4.18. The summed E-state index contributed by atoms with van der Waals surface area (Å²) in [5, 5.41) is 0. The molecular weight excluding hydrogens is 276 g/mol. The number of carbonyl (C=O) groups excluding carboxylic acids is 2. The molecule has 0 aliphatic rings. The highest BCUT2D eigenvalue weighted by atomic mass is 32.2. The summed E-state index contributed by atoms with van der Waals surface area (Å²) < 4.78 is 35.9. The maximum absolute atomic E-state index is 11.6. The summed E-state index contributed by atoms with van der Waals surface area (Å²) in [5.41, 5.74) is -0.731. The molecule has 0 aliphatic heterocycles. The highest BCUT2D eigenvalue weighted by Gasteiger charge is 2.26. The standard InChI is InChI=1S/C10H20N2O6S/c1-6-17-9(14)12-19(15,16)11-7(2)8(13)18-10(3,4)5/h7,11H,6H2,1-5H3,(H,12,14)/t7-/m1/s1. The van der Waals surface area contributed by atoms with Crippen molar-refractivity contribution in [3.8, 4) is 0 Å². The summed E-state index contributed by atoms with van der Waals surface area (Å²) in [6.07, 6.45) is -1.12. The number of ether oxygens (including phenoxy) is 2. The molecule has 112 valence electrons. The van der Waals surface area contributed by atoms with E-state index in [1.807, 2.05) is 4.72 Å². The smallest absolute Gasteiger partial charge is 0.421 e. The summed E-state index contributed by atoms with van der Waals surface area (Å²) in [4.78, 5) is 22.5. The molecule has 19 heavy (non-hydrogen) atoms. The van der Waals surface area contributed by atoms with Gasteiger partial charge in [0.05, 0.1) is 6.61 Å². The number of carbonyl (C=O) groups is 2. The molecule has 0 radical (unpaired) electrons. The van der Waals surface area contributed by atoms with Gasteiger partial charge in [0.1, 0.15) is 11.6 Å². The number of nitrogens with one attached hydrogen (secondary N) is 2. The summed E-state index contributed by atoms with van der Waals surface area (Å²) in [5.74, 6) is -0.748. The van der Waals surface area contributed by atoms with E-state index in [0.29, 0.717) is 0 Å². The van der Waals surface area contributed by atoms with E-state index in [9.17, 15) is 18.0 Å². The fourth-order valence-corrected chi connectivity index (χ4v) is 1.87. The van der Waals surface area contributed by atoms with Crippen LogP contribution < -0.4 is 9.44 Å². The van der Waals surface area contributed by atoms with E-state index in [0.717, 1.165) is 0 Å². The van der Waals surface area contributed by atoms with Crippen molar-refractivity contribution >= 4 is 22.3 Å². The SMILES string of the molecule is CCOC(=O)NS(=O)(=O)N[C@H](C)C(=O)OC(C)(C)C. The van der Waals surface area contributed by atoms with E-state index < -0.39 is 33.9 Å². The van der Waals surface area contributed by atoms with E-state index in [-0.39, 0.29) is 6.61 Å². The van der Waals surface area contributed by atoms with Gasteiger partial charge >= 0.3 is 22.3 Å². The van der Waals surface area contributed by atoms with Crippen LogP contribution in [0.3, 0.4) is 0 Å². The van der Waals surface area contributed by atoms with Crippen molar-refractivity contribution in [1.82, 2.24) is 9.44 Å². The van der Waals surface area contributed by atoms with Gasteiger partial charge in [0.2, 0.25) is 0 Å². The van der Waals surface area contributed by atoms with Gasteiger partial charge in [-0.2, -0.15) is 13.1 Å². The molecule has 0 aliphatic carbocycles. The zero-order chi connectivity index (χ0) is 15.3. The molecule has 0 spiro atoms. The summed E-state index contributed by atoms with van der Waals surface area (Å²) >= 11 is 0. The minimum atomic E-state index is -4.18. The first-order chi connectivity index (χ1) is 8.47. The Balaban J connectivity index is 4.50. The van der Waals surface area contributed by atoms with Gasteiger partial charge in [-0.15, -0.1) is 0 Å². The van der Waals surface area contributed by atoms with Crippen molar-refractivity contribution in [1.29, 1.82) is 0 Å². The average Bonchev–Trinajstić information content (AvgIpc) is 2.12. The van der Waals surface area contributed by atoms with Gasteiger partial charge in [0.25, 0.3) is 0 Å². The van der Waals surface area contributed by atoms with Crippen LogP contribution >= 0.6 is 0 Å². The van der Waals surface area contributed by atoms with Crippen molar-refractivity contribution < 1.29 is 27.5 Å². The Kier molecular flexibility index (Phi) is 6.23. The molecule has 0 rings (SSSR count). The summed E-state index contributed by atoms with van der Waals surface area (Å²) in [6, 6.07) is -1.13. The number of hydrogen-bond donors (Lipinski definition) is 2. The largest absolute Gasteiger partial charge is 0.459 e. The maximum atomic E-state index is 11.6. The van der Waals surface area contributed by atoms with Crippen LogP contribution in [0.15, 0.2) is 0 Å². The second kappa shape index (κ2) is 6.71. The van der Waals surface area contributed by atoms with Crippen LogP contribution in [0.4, 0.5) is 4.79 Å². The van der Waals surface area contributed by atoms with Crippen LogP contribution in [0.5, 0.6) is 0 Å². The number of esters is 1. The van der Waals surface area contributed by atoms with Crippen molar-refractivity contribution in [2.75, 3.05) is 6.61 Å². The van der Waals surface area contributed by atoms with Gasteiger partial charge in [0, 0.05) is 0 Å². The number of amides is 1. The average molecular weight is 296 g/mol. The Morgan fingerprint density at radius 2 is 1.79 bits per heavy atom. The molecule has 8 nitrogen and oxygen atoms in total. The van der Waals surface area contributed by atoms with E-state index in [1.54, 1.807) is 25.5 Å². The molecule has 1 atom stereocenters. The van der Waals surface area contributed by atoms with Gasteiger partial charge in [-0.1, -0.05) is 0 Å². The Labute approximate surface area is 113 Å². The second-order valence-corrected chi connectivity index (χ2v) is 6.15. The highest BCUT2D eigenvalue weighted by Crippen LogP contribution is 2.08. The first-order valence-corrected chi connectivity index (χ1v) is 7.15. The van der Waals surface area contributed by atoms with Gasteiger partial charge in [-0.3, -0.25) is 4.79 Å². The van der Waals surface area contributed by atoms with Gasteiger partial charge in [-0.05, 0) is 34.6 Å². The second-order valence-electron chi connectivity index (χ2n) is 4.70. The lowest BCUT2D eigenvalue weighted by Gasteiger charge is -2.22. The Morgan fingerprint density at radius 3 is 2.21 bits per heavy atom. The van der Waals surface area contributed by atoms with Crippen LogP contribution in [-0.4, -0.2) is 38.7 Å². The lowest BCUT2D eigenvalue weighted by atomic mass is 10.2. The van der Waals surface area contributed by atoms with Crippen LogP contribution in [-0.2, 0) is 24.5 Å². The van der Waals surface area contributed by atoms with Crippen LogP contribution in [0.25, 0.3) is 0 Å². The number of hydrogen-bond acceptors (Lipinski definition) is 6. The van der Waals surface area contributed by atoms with Crippen LogP contribution in [0, 0.1) is 0 Å². The third-order valence-corrected chi connectivity index (χ3v) is 2.68. The molecule has 0 aromatic rings. The predicted molar refractivity (Wildman–Crippen MR) is 67.5 cm³/mol. The maximum Gasteiger partial charge on any atom is 0.421 e. The molecule has 0 saturated heterocycles. The minimum absolute atomic E-state index is 0.0307. The molecule has 0 fully saturated rings. The first-order valence-electron chi connectivity index (χ1n) is 5.66. The van der Waals surface area contributed by atoms with Crippen molar-refractivity contribution in [2.45, 2.75) is 46.3 Å². The third kappa shape index (κ3) is 8.38. The molecule has 0 unspecified atom stereocenters. The lowest BCUT2D eigenvalue weighted by Crippen LogP contribution is -2.48. The molecule has 0 bridgehead atoms. The molecule has 9 heteroatoms. The zero-order valence-electron chi connectivity index (χ0n) is 11.6. The molecule has 1 amide bonds. The van der Waals surface area contributed by atoms with Crippen molar-refractivity contribution in [2.24, 2.45) is 0 Å². The Bertz CT molecular complexity index is 426. The molecule has 0 heterocycles. The minimum Gasteiger partial charge on any atom is -0.459 e. The van der Waals surface area contributed by atoms with Gasteiger partial charge in [0.15, 0.2) is 0 Å². The normalized spacial score (nSPS) is 13.5. The fourth-order valence-electron chi connectivity index (χ4n) is 0.971. The summed E-state index contributed by atoms with van der Waals surface area (Å²) in [6.45, 7) is 7.83. The van der Waals surface area contributed by atoms with E-state index in [4.69, 9.17) is 4.74 Å². The van der Waals surface area contributed by atoms with E-state index in [2.05, 4.69) is 4.74 Å². The predicted octanol–water partition coefficient (Wildman–Crippen LogP) is 0.297. The van der Waals surface area contributed by atoms with Gasteiger partial charge < -0.3 is 9.47 Å². The third-order valence-electron chi connectivity index (χ3n) is 1.59. The Hall–Kier alpha value is -1.35. The van der Waals surface area contributed by atoms with Crippen molar-refractivity contribution in [3.63, 3.8) is 0 Å². The van der Waals surface area contributed by atoms with Crippen LogP contribution in [0.2, 0.25) is 0 Å². The monoisotopic (exact) mass is 296 g/mol. The highest BCUT2D eigenvalue weighted by molar-refractivity contribution is 7.88. The molecule has 0 aromatic carbocycles. The quantitative estimate of drug-likeness (QED) is 0.706. The Morgan fingerprint density at radius 1 is 1.26 bits per heavy atom. The molecule has 2 N–H and O–H groups in total. The zero-order valence-corrected chi connectivity index (χ0v) is 12.5. The molecular formula is C10H20N2O6S. The number of rotatable bonds is 5. The fraction of sp³-hybridized carbons (Fsp3) is 0.800. The van der Waals surface area contributed by atoms with Gasteiger partial charge in [-0.25, -0.2) is 9.52 Å². The lowest BCUT2D eigenvalue weighted by molar-refractivity contribution is -0.156. The van der Waals surface area contributed by atoms with Crippen molar-refractivity contribution in [3.05, 3.63) is 0 Å². The van der Waals surface area contributed by atoms with Crippen LogP contribution in [0.1, 0.15) is 34.6 Å². The topological polar surface area (TPSA) is 111 Å². The first kappa shape index (κ1) is 17.6. The van der Waals surface area contributed by atoms with E-state index >= 15 is 0 Å². The molecule has 0 aromatic heterocycles. The molecule has 0 saturated carbocycles. The van der Waals surface area contributed by atoms with E-state index in [1.165, 1.54) is 13.8 Å².